The van der Waals surface area contributed by atoms with E-state index in [9.17, 15) is 14.4 Å². The predicted octanol–water partition coefficient (Wildman–Crippen LogP) is 1.38. The van der Waals surface area contributed by atoms with Gasteiger partial charge in [0.15, 0.2) is 0 Å². The van der Waals surface area contributed by atoms with E-state index >= 15 is 0 Å². The molecule has 27 heavy (non-hydrogen) atoms. The predicted molar refractivity (Wildman–Crippen MR) is 106 cm³/mol. The van der Waals surface area contributed by atoms with Crippen LogP contribution in [0.25, 0.3) is 0 Å². The molecule has 1 aliphatic heterocycles. The number of para-hydroxylation sites is 1. The maximum Gasteiger partial charge on any atom is 0.253 e. The molecule has 1 atom stereocenters. The summed E-state index contributed by atoms with van der Waals surface area (Å²) in [6, 6.07) is 6.92. The van der Waals surface area contributed by atoms with Crippen LogP contribution in [0.4, 0.5) is 5.69 Å². The molecular formula is C19H27ClN4O3. The Kier molecular flexibility index (Phi) is 7.62. The summed E-state index contributed by atoms with van der Waals surface area (Å²) >= 11 is 0. The van der Waals surface area contributed by atoms with Crippen molar-refractivity contribution in [2.45, 2.75) is 25.7 Å². The van der Waals surface area contributed by atoms with E-state index in [-0.39, 0.29) is 42.0 Å². The molecule has 1 unspecified atom stereocenters. The van der Waals surface area contributed by atoms with Gasteiger partial charge in [-0.3, -0.25) is 14.4 Å². The van der Waals surface area contributed by atoms with Crippen molar-refractivity contribution in [2.75, 3.05) is 31.5 Å². The normalized spacial score (nSPS) is 19.0. The van der Waals surface area contributed by atoms with Crippen molar-refractivity contribution in [1.29, 1.82) is 0 Å². The molecule has 1 aromatic carbocycles. The molecule has 0 bridgehead atoms. The van der Waals surface area contributed by atoms with Crippen LogP contribution >= 0.6 is 12.4 Å². The number of rotatable bonds is 6. The highest BCUT2D eigenvalue weighted by Crippen LogP contribution is 2.32. The minimum Gasteiger partial charge on any atom is -0.351 e. The zero-order valence-electron chi connectivity index (χ0n) is 15.3. The van der Waals surface area contributed by atoms with Crippen LogP contribution in [-0.2, 0) is 9.59 Å². The molecule has 0 radical (unpaired) electrons. The van der Waals surface area contributed by atoms with Crippen LogP contribution in [-0.4, -0.2) is 48.8 Å². The van der Waals surface area contributed by atoms with Crippen molar-refractivity contribution >= 4 is 35.8 Å². The summed E-state index contributed by atoms with van der Waals surface area (Å²) in [6.07, 6.45) is 3.52. The Hall–Kier alpha value is -2.12. The number of nitrogens with zero attached hydrogens (tertiary/aromatic N) is 1. The van der Waals surface area contributed by atoms with Gasteiger partial charge in [-0.05, 0) is 37.8 Å². The third kappa shape index (κ3) is 5.43. The quantitative estimate of drug-likeness (QED) is 0.677. The maximum atomic E-state index is 12.7. The second kappa shape index (κ2) is 9.71. The van der Waals surface area contributed by atoms with Crippen LogP contribution in [0.1, 0.15) is 36.0 Å². The number of likely N-dealkylation sites (tertiary alicyclic amines) is 1. The fourth-order valence-electron chi connectivity index (χ4n) is 3.29. The monoisotopic (exact) mass is 394 g/mol. The molecule has 2 fully saturated rings. The lowest BCUT2D eigenvalue weighted by atomic mass is 9.96. The number of carbonyl (C=O) groups is 3. The number of amides is 3. The van der Waals surface area contributed by atoms with Crippen molar-refractivity contribution in [2.24, 2.45) is 17.6 Å². The molecule has 7 nitrogen and oxygen atoms in total. The van der Waals surface area contributed by atoms with Crippen LogP contribution in [0.5, 0.6) is 0 Å². The minimum atomic E-state index is -0.263. The van der Waals surface area contributed by atoms with Gasteiger partial charge in [0.05, 0.1) is 17.2 Å². The third-order valence-electron chi connectivity index (χ3n) is 4.89. The van der Waals surface area contributed by atoms with Gasteiger partial charge in [0, 0.05) is 32.1 Å². The summed E-state index contributed by atoms with van der Waals surface area (Å²) in [5, 5.41) is 5.59. The number of hydrogen-bond donors (Lipinski definition) is 3. The summed E-state index contributed by atoms with van der Waals surface area (Å²) < 4.78 is 0. The fourth-order valence-corrected chi connectivity index (χ4v) is 3.29. The summed E-state index contributed by atoms with van der Waals surface area (Å²) in [4.78, 5) is 39.0. The number of hydrogen-bond acceptors (Lipinski definition) is 4. The topological polar surface area (TPSA) is 105 Å². The second-order valence-electron chi connectivity index (χ2n) is 6.98. The van der Waals surface area contributed by atoms with Gasteiger partial charge in [-0.1, -0.05) is 12.1 Å². The Balaban J connectivity index is 0.00000261. The average molecular weight is 395 g/mol. The molecule has 148 valence electrons. The molecule has 1 heterocycles. The Bertz CT molecular complexity index is 693. The molecule has 8 heteroatoms. The largest absolute Gasteiger partial charge is 0.351 e. The van der Waals surface area contributed by atoms with Crippen LogP contribution < -0.4 is 16.4 Å². The van der Waals surface area contributed by atoms with Crippen molar-refractivity contribution < 1.29 is 14.4 Å². The maximum absolute atomic E-state index is 12.7. The van der Waals surface area contributed by atoms with Gasteiger partial charge < -0.3 is 21.3 Å². The van der Waals surface area contributed by atoms with Gasteiger partial charge >= 0.3 is 0 Å². The van der Waals surface area contributed by atoms with Gasteiger partial charge in [0.2, 0.25) is 11.8 Å². The lowest BCUT2D eigenvalue weighted by Crippen LogP contribution is -2.44. The smallest absolute Gasteiger partial charge is 0.253 e. The van der Waals surface area contributed by atoms with Crippen molar-refractivity contribution in [1.82, 2.24) is 10.2 Å². The lowest BCUT2D eigenvalue weighted by molar-refractivity contribution is -0.135. The van der Waals surface area contributed by atoms with Crippen molar-refractivity contribution in [3.63, 3.8) is 0 Å². The van der Waals surface area contributed by atoms with E-state index in [2.05, 4.69) is 10.6 Å². The Morgan fingerprint density at radius 1 is 1.11 bits per heavy atom. The molecular weight excluding hydrogens is 368 g/mol. The van der Waals surface area contributed by atoms with E-state index in [1.807, 2.05) is 4.90 Å². The van der Waals surface area contributed by atoms with E-state index in [4.69, 9.17) is 5.73 Å². The average Bonchev–Trinajstić information content (AvgIpc) is 3.51. The number of nitrogens with two attached hydrogens (primary N) is 1. The molecule has 0 spiro atoms. The molecule has 3 rings (SSSR count). The first kappa shape index (κ1) is 21.2. The first-order chi connectivity index (χ1) is 12.6. The highest BCUT2D eigenvalue weighted by Gasteiger charge is 2.36. The first-order valence-electron chi connectivity index (χ1n) is 9.27. The molecule has 2 aliphatic rings. The zero-order chi connectivity index (χ0) is 18.5. The van der Waals surface area contributed by atoms with Gasteiger partial charge in [-0.15, -0.1) is 12.4 Å². The number of carbonyl (C=O) groups excluding carboxylic acids is 3. The molecule has 4 N–H and O–H groups in total. The van der Waals surface area contributed by atoms with Crippen LogP contribution in [0, 0.1) is 11.8 Å². The van der Waals surface area contributed by atoms with Gasteiger partial charge in [0.25, 0.3) is 5.91 Å². The number of piperidine rings is 1. The van der Waals surface area contributed by atoms with Crippen LogP contribution in [0.3, 0.4) is 0 Å². The van der Waals surface area contributed by atoms with Gasteiger partial charge in [-0.25, -0.2) is 0 Å². The summed E-state index contributed by atoms with van der Waals surface area (Å²) in [5.74, 6) is -0.294. The molecule has 1 aromatic rings. The van der Waals surface area contributed by atoms with Crippen LogP contribution in [0.15, 0.2) is 24.3 Å². The van der Waals surface area contributed by atoms with Crippen LogP contribution in [0.2, 0.25) is 0 Å². The number of nitrogens with one attached hydrogen (secondary N) is 2. The number of halogens is 1. The van der Waals surface area contributed by atoms with E-state index in [1.165, 1.54) is 0 Å². The molecule has 3 amide bonds. The summed E-state index contributed by atoms with van der Waals surface area (Å²) in [7, 11) is 0. The SMILES string of the molecule is Cl.NCCNC(=O)c1ccccc1NC(=O)C1CCCN(C(=O)C2CC2)C1. The number of anilines is 1. The lowest BCUT2D eigenvalue weighted by Gasteiger charge is -2.32. The molecule has 1 saturated carbocycles. The Morgan fingerprint density at radius 3 is 2.56 bits per heavy atom. The second-order valence-corrected chi connectivity index (χ2v) is 6.98. The van der Waals surface area contributed by atoms with Gasteiger partial charge in [0.1, 0.15) is 0 Å². The molecule has 0 aromatic heterocycles. The summed E-state index contributed by atoms with van der Waals surface area (Å²) in [5.41, 5.74) is 6.31. The van der Waals surface area contributed by atoms with Gasteiger partial charge in [-0.2, -0.15) is 0 Å². The van der Waals surface area contributed by atoms with E-state index in [0.717, 1.165) is 32.2 Å². The van der Waals surface area contributed by atoms with Crippen molar-refractivity contribution in [3.05, 3.63) is 29.8 Å². The Labute approximate surface area is 165 Å². The van der Waals surface area contributed by atoms with E-state index in [0.29, 0.717) is 30.9 Å². The zero-order valence-corrected chi connectivity index (χ0v) is 16.1. The highest BCUT2D eigenvalue weighted by molar-refractivity contribution is 6.04. The van der Waals surface area contributed by atoms with E-state index in [1.54, 1.807) is 24.3 Å². The van der Waals surface area contributed by atoms with Crippen molar-refractivity contribution in [3.8, 4) is 0 Å². The first-order valence-corrected chi connectivity index (χ1v) is 9.27. The number of benzene rings is 1. The summed E-state index contributed by atoms with van der Waals surface area (Å²) in [6.45, 7) is 1.93. The molecule has 1 aliphatic carbocycles. The van der Waals surface area contributed by atoms with E-state index < -0.39 is 0 Å². The molecule has 1 saturated heterocycles. The standard InChI is InChI=1S/C19H26N4O3.ClH/c20-9-10-21-18(25)15-5-1-2-6-16(15)22-17(24)14-4-3-11-23(12-14)19(26)13-7-8-13;/h1-2,5-6,13-14H,3-4,7-12,20H2,(H,21,25)(H,22,24);1H. The third-order valence-corrected chi connectivity index (χ3v) is 4.89. The highest BCUT2D eigenvalue weighted by atomic mass is 35.5. The fraction of sp³-hybridized carbons (Fsp3) is 0.526. The minimum absolute atomic E-state index is 0. The Morgan fingerprint density at radius 2 is 1.85 bits per heavy atom.